The Morgan fingerprint density at radius 2 is 2.26 bits per heavy atom. The smallest absolute Gasteiger partial charge is 0.153 e. The Hall–Kier alpha value is -2.30. The number of hydrogen-bond donors (Lipinski definition) is 0. The molecule has 100 valence electrons. The predicted octanol–water partition coefficient (Wildman–Crippen LogP) is 2.30. The maximum Gasteiger partial charge on any atom is 0.153 e. The van der Waals surface area contributed by atoms with Crippen LogP contribution >= 0.6 is 0 Å². The molecule has 0 atom stereocenters. The lowest BCUT2D eigenvalue weighted by molar-refractivity contribution is 0.111. The first-order chi connectivity index (χ1) is 9.28. The van der Waals surface area contributed by atoms with E-state index in [1.165, 1.54) is 0 Å². The molecular formula is C14H16N2O3. The number of carbonyl (C=O) groups is 1. The van der Waals surface area contributed by atoms with E-state index in [2.05, 4.69) is 4.98 Å². The maximum absolute atomic E-state index is 11.0. The third-order valence-corrected chi connectivity index (χ3v) is 2.85. The number of nitrogens with zero attached hydrogens (tertiary/aromatic N) is 2. The number of aryl methyl sites for hydroxylation is 1. The summed E-state index contributed by atoms with van der Waals surface area (Å²) in [5.74, 6) is 1.97. The van der Waals surface area contributed by atoms with Crippen LogP contribution in [0.4, 0.5) is 0 Å². The van der Waals surface area contributed by atoms with E-state index < -0.39 is 0 Å². The molecule has 0 unspecified atom stereocenters. The van der Waals surface area contributed by atoms with Crippen LogP contribution in [0.2, 0.25) is 0 Å². The number of hydrogen-bond acceptors (Lipinski definition) is 4. The zero-order chi connectivity index (χ0) is 13.7. The van der Waals surface area contributed by atoms with Crippen molar-refractivity contribution in [2.75, 3.05) is 7.11 Å². The number of rotatable bonds is 6. The summed E-state index contributed by atoms with van der Waals surface area (Å²) in [6.45, 7) is 3.18. The van der Waals surface area contributed by atoms with Gasteiger partial charge in [0.2, 0.25) is 0 Å². The SMILES string of the molecule is CCn1ccnc1COc1cc(OC)ccc1C=O. The van der Waals surface area contributed by atoms with E-state index in [4.69, 9.17) is 9.47 Å². The average molecular weight is 260 g/mol. The van der Waals surface area contributed by atoms with Crippen molar-refractivity contribution >= 4 is 6.29 Å². The first-order valence-electron chi connectivity index (χ1n) is 6.04. The van der Waals surface area contributed by atoms with Gasteiger partial charge in [0.05, 0.1) is 12.7 Å². The highest BCUT2D eigenvalue weighted by molar-refractivity contribution is 5.79. The van der Waals surface area contributed by atoms with Gasteiger partial charge in [0.15, 0.2) is 6.29 Å². The van der Waals surface area contributed by atoms with Crippen LogP contribution < -0.4 is 9.47 Å². The van der Waals surface area contributed by atoms with Crippen molar-refractivity contribution in [1.82, 2.24) is 9.55 Å². The molecule has 0 saturated carbocycles. The maximum atomic E-state index is 11.0. The molecule has 0 N–H and O–H groups in total. The van der Waals surface area contributed by atoms with Crippen LogP contribution in [0.15, 0.2) is 30.6 Å². The third kappa shape index (κ3) is 2.93. The van der Waals surface area contributed by atoms with Crippen LogP contribution in [-0.4, -0.2) is 22.9 Å². The summed E-state index contributed by atoms with van der Waals surface area (Å²) < 4.78 is 12.8. The molecule has 1 heterocycles. The Morgan fingerprint density at radius 1 is 1.42 bits per heavy atom. The molecule has 0 spiro atoms. The molecule has 0 fully saturated rings. The highest BCUT2D eigenvalue weighted by Crippen LogP contribution is 2.24. The van der Waals surface area contributed by atoms with Gasteiger partial charge in [-0.05, 0) is 19.1 Å². The first-order valence-corrected chi connectivity index (χ1v) is 6.04. The normalized spacial score (nSPS) is 10.2. The van der Waals surface area contributed by atoms with Gasteiger partial charge in [-0.2, -0.15) is 0 Å². The Kier molecular flexibility index (Phi) is 4.18. The Bertz CT molecular complexity index is 564. The number of carbonyl (C=O) groups excluding carboxylic acids is 1. The predicted molar refractivity (Wildman–Crippen MR) is 70.6 cm³/mol. The lowest BCUT2D eigenvalue weighted by Gasteiger charge is -2.10. The molecule has 0 bridgehead atoms. The minimum atomic E-state index is 0.314. The van der Waals surface area contributed by atoms with E-state index in [1.807, 2.05) is 17.7 Å². The van der Waals surface area contributed by atoms with E-state index >= 15 is 0 Å². The van der Waals surface area contributed by atoms with Gasteiger partial charge in [0.1, 0.15) is 23.9 Å². The Morgan fingerprint density at radius 3 is 2.95 bits per heavy atom. The summed E-state index contributed by atoms with van der Waals surface area (Å²) in [4.78, 5) is 15.2. The number of aromatic nitrogens is 2. The lowest BCUT2D eigenvalue weighted by atomic mass is 10.2. The van der Waals surface area contributed by atoms with Crippen LogP contribution in [0, 0.1) is 0 Å². The fourth-order valence-corrected chi connectivity index (χ4v) is 1.77. The van der Waals surface area contributed by atoms with Crippen molar-refractivity contribution < 1.29 is 14.3 Å². The van der Waals surface area contributed by atoms with E-state index in [0.717, 1.165) is 18.7 Å². The quantitative estimate of drug-likeness (QED) is 0.748. The molecule has 0 radical (unpaired) electrons. The minimum Gasteiger partial charge on any atom is -0.497 e. The van der Waals surface area contributed by atoms with Crippen LogP contribution in [0.25, 0.3) is 0 Å². The van der Waals surface area contributed by atoms with Crippen molar-refractivity contribution in [1.29, 1.82) is 0 Å². The zero-order valence-electron chi connectivity index (χ0n) is 11.0. The molecule has 2 aromatic rings. The van der Waals surface area contributed by atoms with Crippen LogP contribution in [0.5, 0.6) is 11.5 Å². The second-order valence-electron chi connectivity index (χ2n) is 3.94. The van der Waals surface area contributed by atoms with E-state index in [-0.39, 0.29) is 0 Å². The van der Waals surface area contributed by atoms with Gasteiger partial charge in [0.25, 0.3) is 0 Å². The van der Waals surface area contributed by atoms with Gasteiger partial charge in [-0.1, -0.05) is 0 Å². The molecule has 2 rings (SSSR count). The molecule has 19 heavy (non-hydrogen) atoms. The minimum absolute atomic E-state index is 0.314. The molecule has 1 aromatic heterocycles. The second kappa shape index (κ2) is 6.04. The zero-order valence-corrected chi connectivity index (χ0v) is 11.0. The van der Waals surface area contributed by atoms with E-state index in [1.54, 1.807) is 31.5 Å². The Balaban J connectivity index is 2.16. The number of imidazole rings is 1. The van der Waals surface area contributed by atoms with Gasteiger partial charge in [-0.25, -0.2) is 4.98 Å². The van der Waals surface area contributed by atoms with Crippen LogP contribution in [-0.2, 0) is 13.2 Å². The topological polar surface area (TPSA) is 53.4 Å². The van der Waals surface area contributed by atoms with Gasteiger partial charge in [0, 0.05) is 25.0 Å². The first kappa shape index (κ1) is 13.1. The van der Waals surface area contributed by atoms with Gasteiger partial charge in [-0.3, -0.25) is 4.79 Å². The monoisotopic (exact) mass is 260 g/mol. The Labute approximate surface area is 111 Å². The molecule has 0 aliphatic heterocycles. The molecule has 0 aliphatic carbocycles. The number of benzene rings is 1. The van der Waals surface area contributed by atoms with Gasteiger partial charge >= 0.3 is 0 Å². The highest BCUT2D eigenvalue weighted by Gasteiger charge is 2.07. The average Bonchev–Trinajstić information content (AvgIpc) is 2.92. The van der Waals surface area contributed by atoms with Crippen molar-refractivity contribution in [2.24, 2.45) is 0 Å². The molecular weight excluding hydrogens is 244 g/mol. The molecule has 0 aliphatic rings. The second-order valence-corrected chi connectivity index (χ2v) is 3.94. The molecule has 5 nitrogen and oxygen atoms in total. The number of aldehydes is 1. The highest BCUT2D eigenvalue weighted by atomic mass is 16.5. The number of methoxy groups -OCH3 is 1. The summed E-state index contributed by atoms with van der Waals surface area (Å²) >= 11 is 0. The molecule has 0 saturated heterocycles. The largest absolute Gasteiger partial charge is 0.497 e. The standard InChI is InChI=1S/C14H16N2O3/c1-3-16-7-6-15-14(16)10-19-13-8-12(18-2)5-4-11(13)9-17/h4-9H,3,10H2,1-2H3. The summed E-state index contributed by atoms with van der Waals surface area (Å²) in [6, 6.07) is 5.10. The number of ether oxygens (including phenoxy) is 2. The van der Waals surface area contributed by atoms with E-state index in [0.29, 0.717) is 23.7 Å². The van der Waals surface area contributed by atoms with Crippen LogP contribution in [0.3, 0.4) is 0 Å². The van der Waals surface area contributed by atoms with Crippen molar-refractivity contribution in [3.63, 3.8) is 0 Å². The molecule has 1 aromatic carbocycles. The van der Waals surface area contributed by atoms with Gasteiger partial charge < -0.3 is 14.0 Å². The third-order valence-electron chi connectivity index (χ3n) is 2.85. The van der Waals surface area contributed by atoms with Gasteiger partial charge in [-0.15, -0.1) is 0 Å². The fraction of sp³-hybridized carbons (Fsp3) is 0.286. The van der Waals surface area contributed by atoms with E-state index in [9.17, 15) is 4.79 Å². The lowest BCUT2D eigenvalue weighted by Crippen LogP contribution is -2.06. The van der Waals surface area contributed by atoms with Crippen molar-refractivity contribution in [3.05, 3.63) is 42.0 Å². The summed E-state index contributed by atoms with van der Waals surface area (Å²) in [7, 11) is 1.57. The van der Waals surface area contributed by atoms with Crippen LogP contribution in [0.1, 0.15) is 23.1 Å². The summed E-state index contributed by atoms with van der Waals surface area (Å²) in [6.07, 6.45) is 4.39. The van der Waals surface area contributed by atoms with Crippen molar-refractivity contribution in [3.8, 4) is 11.5 Å². The summed E-state index contributed by atoms with van der Waals surface area (Å²) in [5.41, 5.74) is 0.496. The van der Waals surface area contributed by atoms with Crippen molar-refractivity contribution in [2.45, 2.75) is 20.1 Å². The summed E-state index contributed by atoms with van der Waals surface area (Å²) in [5, 5.41) is 0. The molecule has 5 heteroatoms. The molecule has 0 amide bonds. The fourth-order valence-electron chi connectivity index (χ4n) is 1.77.